The van der Waals surface area contributed by atoms with E-state index in [0.717, 1.165) is 17.3 Å². The molecule has 1 aliphatic carbocycles. The van der Waals surface area contributed by atoms with Gasteiger partial charge >= 0.3 is 210 Å². The Morgan fingerprint density at radius 1 is 0.853 bits per heavy atom. The Balaban J connectivity index is 1.82. The van der Waals surface area contributed by atoms with Crippen molar-refractivity contribution in [3.05, 3.63) is 103 Å². The summed E-state index contributed by atoms with van der Waals surface area (Å²) in [5.74, 6) is 0.736. The van der Waals surface area contributed by atoms with Crippen LogP contribution >= 0.6 is 0 Å². The minimum atomic E-state index is -3.43. The first-order valence-corrected chi connectivity index (χ1v) is 19.0. The van der Waals surface area contributed by atoms with Crippen LogP contribution in [0.2, 0.25) is 4.44 Å². The molecule has 178 valence electrons. The van der Waals surface area contributed by atoms with Crippen LogP contribution in [-0.4, -0.2) is 36.7 Å². The maximum absolute atomic E-state index is 11.1. The summed E-state index contributed by atoms with van der Waals surface area (Å²) in [7, 11) is 1.76. The van der Waals surface area contributed by atoms with E-state index >= 15 is 0 Å². The fourth-order valence-corrected chi connectivity index (χ4v) is 21.0. The fourth-order valence-electron chi connectivity index (χ4n) is 5.92. The molecule has 0 saturated heterocycles. The number of aliphatic hydroxyl groups is 1. The van der Waals surface area contributed by atoms with Crippen molar-refractivity contribution in [1.82, 2.24) is 0 Å². The van der Waals surface area contributed by atoms with Gasteiger partial charge in [0.2, 0.25) is 0 Å². The molecule has 0 radical (unpaired) electrons. The second-order valence-corrected chi connectivity index (χ2v) is 21.1. The van der Waals surface area contributed by atoms with E-state index < -0.39 is 18.4 Å². The van der Waals surface area contributed by atoms with E-state index in [1.807, 2.05) is 13.2 Å². The molecule has 0 spiro atoms. The van der Waals surface area contributed by atoms with Crippen LogP contribution in [0, 0.1) is 11.8 Å². The summed E-state index contributed by atoms with van der Waals surface area (Å²) in [4.78, 5) is 0. The standard InChI is InChI=1S/C13H23O2.3C6H5.Sn/c1-10(11(2)14)8-12-6-4-5-7-13(12)9-15-3;3*1-2-4-6-5-3-1;/h9-12,14H,1,4-8H2,2-3H3;3*1-5H;/b13-9-;;;;. The molecule has 0 aliphatic heterocycles. The SMILES string of the molecule is CO/C=C1/CCCCC1CC([CH2][Sn]([c]1ccccc1)([c]1ccccc1)[c]1ccccc1)C(C)O. The molecule has 2 nitrogen and oxygen atoms in total. The van der Waals surface area contributed by atoms with Gasteiger partial charge < -0.3 is 0 Å². The average Bonchev–Trinajstić information content (AvgIpc) is 2.89. The van der Waals surface area contributed by atoms with Gasteiger partial charge in [-0.3, -0.25) is 0 Å². The maximum atomic E-state index is 11.1. The van der Waals surface area contributed by atoms with Crippen LogP contribution in [0.3, 0.4) is 0 Å². The van der Waals surface area contributed by atoms with Crippen molar-refractivity contribution < 1.29 is 9.84 Å². The zero-order valence-corrected chi connectivity index (χ0v) is 23.4. The van der Waals surface area contributed by atoms with Crippen LogP contribution in [0.5, 0.6) is 0 Å². The third kappa shape index (κ3) is 5.60. The zero-order chi connectivity index (χ0) is 23.8. The van der Waals surface area contributed by atoms with Crippen molar-refractivity contribution in [3.63, 3.8) is 0 Å². The summed E-state index contributed by atoms with van der Waals surface area (Å²) in [5.41, 5.74) is 1.43. The monoisotopic (exact) mass is 562 g/mol. The zero-order valence-electron chi connectivity index (χ0n) is 20.6. The fraction of sp³-hybridized carbons (Fsp3) is 0.355. The number of methoxy groups -OCH3 is 1. The molecule has 3 unspecified atom stereocenters. The number of aliphatic hydroxyl groups excluding tert-OH is 1. The third-order valence-electron chi connectivity index (χ3n) is 7.70. The van der Waals surface area contributed by atoms with Gasteiger partial charge in [0.1, 0.15) is 0 Å². The molecule has 3 heteroatoms. The van der Waals surface area contributed by atoms with Gasteiger partial charge in [-0.2, -0.15) is 0 Å². The van der Waals surface area contributed by atoms with Crippen molar-refractivity contribution in [2.75, 3.05) is 7.11 Å². The van der Waals surface area contributed by atoms with Gasteiger partial charge in [-0.1, -0.05) is 0 Å². The van der Waals surface area contributed by atoms with Gasteiger partial charge in [-0.25, -0.2) is 0 Å². The Morgan fingerprint density at radius 3 is 1.79 bits per heavy atom. The molecular weight excluding hydrogens is 523 g/mol. The van der Waals surface area contributed by atoms with Crippen LogP contribution in [0.4, 0.5) is 0 Å². The molecule has 0 amide bonds. The summed E-state index contributed by atoms with van der Waals surface area (Å²) < 4.78 is 11.0. The molecule has 3 aromatic carbocycles. The molecule has 1 N–H and O–H groups in total. The molecule has 34 heavy (non-hydrogen) atoms. The van der Waals surface area contributed by atoms with Crippen LogP contribution in [0.25, 0.3) is 0 Å². The number of ether oxygens (including phenoxy) is 1. The summed E-state index contributed by atoms with van der Waals surface area (Å²) in [5, 5.41) is 11.1. The summed E-state index contributed by atoms with van der Waals surface area (Å²) in [6, 6.07) is 33.5. The van der Waals surface area contributed by atoms with Gasteiger partial charge in [0.25, 0.3) is 0 Å². The molecule has 0 bridgehead atoms. The van der Waals surface area contributed by atoms with E-state index in [9.17, 15) is 5.11 Å². The van der Waals surface area contributed by atoms with Gasteiger partial charge in [-0.05, 0) is 0 Å². The van der Waals surface area contributed by atoms with Crippen LogP contribution < -0.4 is 10.7 Å². The molecular formula is C31H38O2Sn. The second-order valence-electron chi connectivity index (χ2n) is 9.82. The van der Waals surface area contributed by atoms with Crippen molar-refractivity contribution in [1.29, 1.82) is 0 Å². The van der Waals surface area contributed by atoms with E-state index in [1.54, 1.807) is 7.11 Å². The number of hydrogen-bond acceptors (Lipinski definition) is 2. The molecule has 3 aromatic rings. The Morgan fingerprint density at radius 2 is 1.35 bits per heavy atom. The van der Waals surface area contributed by atoms with Crippen molar-refractivity contribution in [2.24, 2.45) is 11.8 Å². The van der Waals surface area contributed by atoms with Crippen LogP contribution in [0.1, 0.15) is 39.0 Å². The predicted octanol–water partition coefficient (Wildman–Crippen LogP) is 5.26. The quantitative estimate of drug-likeness (QED) is 0.285. The van der Waals surface area contributed by atoms with E-state index in [-0.39, 0.29) is 12.0 Å². The van der Waals surface area contributed by atoms with Gasteiger partial charge in [0.15, 0.2) is 0 Å². The Hall–Kier alpha value is -2.04. The van der Waals surface area contributed by atoms with E-state index in [1.165, 1.54) is 35.6 Å². The van der Waals surface area contributed by atoms with Crippen molar-refractivity contribution in [3.8, 4) is 0 Å². The van der Waals surface area contributed by atoms with Gasteiger partial charge in [-0.15, -0.1) is 0 Å². The minimum absolute atomic E-state index is 0.236. The number of benzene rings is 3. The van der Waals surface area contributed by atoms with Gasteiger partial charge in [0, 0.05) is 0 Å². The summed E-state index contributed by atoms with van der Waals surface area (Å²) in [6.07, 6.45) is 7.48. The number of allylic oxidation sites excluding steroid dienone is 1. The Kier molecular flexibility index (Phi) is 8.91. The molecule has 0 heterocycles. The molecule has 0 aromatic heterocycles. The molecule has 1 saturated carbocycles. The second kappa shape index (κ2) is 12.1. The third-order valence-corrected chi connectivity index (χ3v) is 22.2. The normalized spacial score (nSPS) is 19.5. The van der Waals surface area contributed by atoms with Crippen LogP contribution in [0.15, 0.2) is 103 Å². The summed E-state index contributed by atoms with van der Waals surface area (Å²) >= 11 is -3.43. The first-order valence-electron chi connectivity index (χ1n) is 12.7. The first-order chi connectivity index (χ1) is 16.6. The predicted molar refractivity (Wildman–Crippen MR) is 146 cm³/mol. The topological polar surface area (TPSA) is 29.5 Å². The van der Waals surface area contributed by atoms with Crippen molar-refractivity contribution in [2.45, 2.75) is 49.6 Å². The van der Waals surface area contributed by atoms with E-state index in [0.29, 0.717) is 5.92 Å². The molecule has 3 atom stereocenters. The molecule has 1 aliphatic rings. The first kappa shape index (κ1) is 25.1. The number of hydrogen-bond donors (Lipinski definition) is 1. The molecule has 1 fully saturated rings. The Bertz CT molecular complexity index is 934. The van der Waals surface area contributed by atoms with Crippen molar-refractivity contribution >= 4 is 29.1 Å². The van der Waals surface area contributed by atoms with Gasteiger partial charge in [0.05, 0.1) is 0 Å². The average molecular weight is 561 g/mol. The van der Waals surface area contributed by atoms with Crippen LogP contribution in [-0.2, 0) is 4.74 Å². The van der Waals surface area contributed by atoms with E-state index in [4.69, 9.17) is 4.74 Å². The molecule has 4 rings (SSSR count). The summed E-state index contributed by atoms with van der Waals surface area (Å²) in [6.45, 7) is 2.00. The number of rotatable bonds is 9. The Labute approximate surface area is 209 Å². The van der Waals surface area contributed by atoms with E-state index in [2.05, 4.69) is 91.0 Å².